The molecule has 2 rings (SSSR count). The molecule has 2 atom stereocenters. The number of carboxylic acids is 1. The molecule has 1 N–H and O–H groups in total. The maximum atomic E-state index is 11.1. The van der Waals surface area contributed by atoms with Crippen molar-refractivity contribution in [1.29, 1.82) is 0 Å². The molecule has 0 spiro atoms. The quantitative estimate of drug-likeness (QED) is 0.833. The Morgan fingerprint density at radius 3 is 2.56 bits per heavy atom. The van der Waals surface area contributed by atoms with Crippen molar-refractivity contribution >= 4 is 5.97 Å². The summed E-state index contributed by atoms with van der Waals surface area (Å²) in [6.07, 6.45) is 3.61. The predicted octanol–water partition coefficient (Wildman–Crippen LogP) is 3.16. The first-order valence-electron chi connectivity index (χ1n) is 5.92. The number of nitrogens with zero attached hydrogens (tertiary/aromatic N) is 1. The van der Waals surface area contributed by atoms with E-state index < -0.39 is 5.97 Å². The third-order valence-electron chi connectivity index (χ3n) is 3.75. The molecule has 1 aromatic heterocycles. The van der Waals surface area contributed by atoms with Crippen LogP contribution in [0.4, 0.5) is 0 Å². The van der Waals surface area contributed by atoms with E-state index in [1.807, 2.05) is 13.8 Å². The smallest absolute Gasteiger partial charge is 0.337 e. The van der Waals surface area contributed by atoms with E-state index in [0.717, 1.165) is 17.3 Å². The summed E-state index contributed by atoms with van der Waals surface area (Å²) in [6.45, 7) is 6.19. The van der Waals surface area contributed by atoms with Gasteiger partial charge in [-0.3, -0.25) is 0 Å². The highest BCUT2D eigenvalue weighted by Gasteiger charge is 2.26. The molecule has 0 radical (unpaired) electrons. The average molecular weight is 221 g/mol. The van der Waals surface area contributed by atoms with Crippen molar-refractivity contribution in [3.05, 3.63) is 23.0 Å². The van der Waals surface area contributed by atoms with Crippen LogP contribution in [0.15, 0.2) is 6.07 Å². The number of aryl methyl sites for hydroxylation is 1. The third kappa shape index (κ3) is 1.75. The molecule has 3 heteroatoms. The first kappa shape index (κ1) is 11.2. The minimum Gasteiger partial charge on any atom is -0.478 e. The van der Waals surface area contributed by atoms with E-state index in [0.29, 0.717) is 11.6 Å². The van der Waals surface area contributed by atoms with Crippen LogP contribution in [0.1, 0.15) is 54.0 Å². The van der Waals surface area contributed by atoms with Crippen LogP contribution in [0.25, 0.3) is 0 Å². The van der Waals surface area contributed by atoms with Gasteiger partial charge in [-0.1, -0.05) is 6.92 Å². The summed E-state index contributed by atoms with van der Waals surface area (Å²) in [5, 5.41) is 9.08. The molecule has 1 aliphatic rings. The van der Waals surface area contributed by atoms with Crippen molar-refractivity contribution in [2.75, 3.05) is 0 Å². The maximum absolute atomic E-state index is 11.1. The fourth-order valence-electron chi connectivity index (χ4n) is 2.97. The fraction of sp³-hybridized carbons (Fsp3) is 0.615. The van der Waals surface area contributed by atoms with Gasteiger partial charge in [-0.15, -0.1) is 0 Å². The van der Waals surface area contributed by atoms with Gasteiger partial charge in [0.2, 0.25) is 0 Å². The van der Waals surface area contributed by atoms with Crippen LogP contribution in [-0.4, -0.2) is 15.6 Å². The molecule has 0 bridgehead atoms. The molecule has 0 aromatic carbocycles. The number of hydrogen-bond acceptors (Lipinski definition) is 1. The van der Waals surface area contributed by atoms with Gasteiger partial charge in [-0.25, -0.2) is 4.79 Å². The van der Waals surface area contributed by atoms with Crippen LogP contribution in [-0.2, 0) is 0 Å². The summed E-state index contributed by atoms with van der Waals surface area (Å²) in [4.78, 5) is 11.1. The van der Waals surface area contributed by atoms with Crippen molar-refractivity contribution in [2.24, 2.45) is 5.92 Å². The molecule has 16 heavy (non-hydrogen) atoms. The number of aromatic carboxylic acids is 1. The van der Waals surface area contributed by atoms with Crippen LogP contribution in [0.5, 0.6) is 0 Å². The number of aromatic nitrogens is 1. The van der Waals surface area contributed by atoms with Crippen molar-refractivity contribution in [1.82, 2.24) is 4.57 Å². The van der Waals surface area contributed by atoms with E-state index in [1.54, 1.807) is 6.07 Å². The highest BCUT2D eigenvalue weighted by atomic mass is 16.4. The van der Waals surface area contributed by atoms with E-state index in [1.165, 1.54) is 19.3 Å². The number of rotatable bonds is 2. The summed E-state index contributed by atoms with van der Waals surface area (Å²) in [6, 6.07) is 2.30. The van der Waals surface area contributed by atoms with Crippen LogP contribution in [0, 0.1) is 19.8 Å². The lowest BCUT2D eigenvalue weighted by molar-refractivity contribution is 0.0696. The zero-order chi connectivity index (χ0) is 11.9. The van der Waals surface area contributed by atoms with E-state index in [-0.39, 0.29) is 0 Å². The van der Waals surface area contributed by atoms with Gasteiger partial charge in [0.1, 0.15) is 0 Å². The monoisotopic (exact) mass is 221 g/mol. The molecular weight excluding hydrogens is 202 g/mol. The van der Waals surface area contributed by atoms with Crippen LogP contribution < -0.4 is 0 Å². The van der Waals surface area contributed by atoms with Crippen LogP contribution in [0.2, 0.25) is 0 Å². The Labute approximate surface area is 96.1 Å². The lowest BCUT2D eigenvalue weighted by Crippen LogP contribution is -2.10. The van der Waals surface area contributed by atoms with E-state index in [4.69, 9.17) is 5.11 Å². The largest absolute Gasteiger partial charge is 0.478 e. The third-order valence-corrected chi connectivity index (χ3v) is 3.75. The molecule has 2 unspecified atom stereocenters. The molecule has 88 valence electrons. The molecule has 0 aliphatic heterocycles. The molecule has 1 fully saturated rings. The van der Waals surface area contributed by atoms with Gasteiger partial charge in [-0.2, -0.15) is 0 Å². The van der Waals surface area contributed by atoms with Crippen molar-refractivity contribution in [3.8, 4) is 0 Å². The summed E-state index contributed by atoms with van der Waals surface area (Å²) >= 11 is 0. The molecule has 0 saturated heterocycles. The lowest BCUT2D eigenvalue weighted by atomic mass is 10.1. The highest BCUT2D eigenvalue weighted by Crippen LogP contribution is 2.36. The van der Waals surface area contributed by atoms with E-state index >= 15 is 0 Å². The van der Waals surface area contributed by atoms with Gasteiger partial charge in [0.05, 0.1) is 5.56 Å². The first-order valence-corrected chi connectivity index (χ1v) is 5.92. The molecule has 1 aliphatic carbocycles. The van der Waals surface area contributed by atoms with Gasteiger partial charge in [0.15, 0.2) is 0 Å². The first-order chi connectivity index (χ1) is 7.50. The Bertz CT molecular complexity index is 420. The van der Waals surface area contributed by atoms with Gasteiger partial charge in [0.25, 0.3) is 0 Å². The molecule has 1 aromatic rings. The van der Waals surface area contributed by atoms with Crippen LogP contribution >= 0.6 is 0 Å². The Hall–Kier alpha value is -1.25. The highest BCUT2D eigenvalue weighted by molar-refractivity contribution is 5.89. The zero-order valence-electron chi connectivity index (χ0n) is 10.2. The van der Waals surface area contributed by atoms with Gasteiger partial charge >= 0.3 is 5.97 Å². The summed E-state index contributed by atoms with van der Waals surface area (Å²) < 4.78 is 2.22. The number of hydrogen-bond donors (Lipinski definition) is 1. The van der Waals surface area contributed by atoms with Gasteiger partial charge in [-0.05, 0) is 45.1 Å². The second-order valence-corrected chi connectivity index (χ2v) is 5.03. The maximum Gasteiger partial charge on any atom is 0.337 e. The Morgan fingerprint density at radius 2 is 2.12 bits per heavy atom. The minimum atomic E-state index is -0.814. The zero-order valence-corrected chi connectivity index (χ0v) is 10.2. The van der Waals surface area contributed by atoms with Gasteiger partial charge in [0, 0.05) is 17.4 Å². The molecule has 0 amide bonds. The second kappa shape index (κ2) is 3.96. The number of carboxylic acid groups (broad SMARTS) is 1. The predicted molar refractivity (Wildman–Crippen MR) is 62.9 cm³/mol. The van der Waals surface area contributed by atoms with E-state index in [9.17, 15) is 4.79 Å². The summed E-state index contributed by atoms with van der Waals surface area (Å²) in [7, 11) is 0. The molecular formula is C13H19NO2. The summed E-state index contributed by atoms with van der Waals surface area (Å²) in [5.74, 6) is -0.0510. The number of carbonyl (C=O) groups is 1. The second-order valence-electron chi connectivity index (χ2n) is 5.03. The van der Waals surface area contributed by atoms with Gasteiger partial charge < -0.3 is 9.67 Å². The lowest BCUT2D eigenvalue weighted by Gasteiger charge is -2.17. The average Bonchev–Trinajstić information content (AvgIpc) is 2.71. The Kier molecular flexibility index (Phi) is 2.78. The standard InChI is InChI=1S/C13H19NO2/c1-8-4-5-11(6-8)14-9(2)7-12(10(14)3)13(15)16/h7-8,11H,4-6H2,1-3H3,(H,15,16). The van der Waals surface area contributed by atoms with E-state index in [2.05, 4.69) is 11.5 Å². The normalized spacial score (nSPS) is 24.9. The summed E-state index contributed by atoms with van der Waals surface area (Å²) in [5.41, 5.74) is 2.44. The molecule has 1 heterocycles. The Balaban J connectivity index is 2.37. The SMILES string of the molecule is Cc1cc(C(=O)O)c(C)n1C1CCC(C)C1. The molecule has 3 nitrogen and oxygen atoms in total. The van der Waals surface area contributed by atoms with Crippen molar-refractivity contribution in [3.63, 3.8) is 0 Å². The van der Waals surface area contributed by atoms with Crippen molar-refractivity contribution in [2.45, 2.75) is 46.1 Å². The minimum absolute atomic E-state index is 0.456. The molecule has 1 saturated carbocycles. The Morgan fingerprint density at radius 1 is 1.44 bits per heavy atom. The fourth-order valence-corrected chi connectivity index (χ4v) is 2.97. The topological polar surface area (TPSA) is 42.2 Å². The van der Waals surface area contributed by atoms with Crippen LogP contribution in [0.3, 0.4) is 0 Å². The van der Waals surface area contributed by atoms with Crippen molar-refractivity contribution < 1.29 is 9.90 Å².